The summed E-state index contributed by atoms with van der Waals surface area (Å²) in [4.78, 5) is 4.00. The summed E-state index contributed by atoms with van der Waals surface area (Å²) in [6.45, 7) is 6.18. The highest BCUT2D eigenvalue weighted by Gasteiger charge is 2.19. The van der Waals surface area contributed by atoms with Gasteiger partial charge in [0, 0.05) is 18.4 Å². The van der Waals surface area contributed by atoms with Crippen LogP contribution in [0.15, 0.2) is 12.3 Å². The Balaban J connectivity index is 2.89. The van der Waals surface area contributed by atoms with E-state index in [-0.39, 0.29) is 6.10 Å². The van der Waals surface area contributed by atoms with Crippen LogP contribution in [0.3, 0.4) is 0 Å². The number of ether oxygens (including phenoxy) is 1. The summed E-state index contributed by atoms with van der Waals surface area (Å²) < 4.78 is 5.32. The van der Waals surface area contributed by atoms with Gasteiger partial charge in [0.25, 0.3) is 0 Å². The molecule has 84 valence electrons. The lowest BCUT2D eigenvalue weighted by Crippen LogP contribution is -2.20. The zero-order valence-electron chi connectivity index (χ0n) is 9.40. The highest BCUT2D eigenvalue weighted by atomic mass is 16.5. The molecule has 1 rings (SSSR count). The van der Waals surface area contributed by atoms with Crippen LogP contribution in [0, 0.1) is 6.92 Å². The van der Waals surface area contributed by atoms with E-state index in [1.54, 1.807) is 6.20 Å². The first-order chi connectivity index (χ1) is 7.06. The Morgan fingerprint density at radius 2 is 2.27 bits per heavy atom. The van der Waals surface area contributed by atoms with Crippen molar-refractivity contribution in [2.75, 3.05) is 12.3 Å². The van der Waals surface area contributed by atoms with Gasteiger partial charge in [-0.2, -0.15) is 0 Å². The molecule has 15 heavy (non-hydrogen) atoms. The van der Waals surface area contributed by atoms with Gasteiger partial charge in [-0.1, -0.05) is 0 Å². The second kappa shape index (κ2) is 5.09. The third kappa shape index (κ3) is 2.91. The minimum absolute atomic E-state index is 0.277. The minimum Gasteiger partial charge on any atom is -0.386 e. The molecule has 1 heterocycles. The number of nitrogen functional groups attached to an aromatic ring is 1. The quantitative estimate of drug-likeness (QED) is 0.788. The molecule has 3 N–H and O–H groups in total. The monoisotopic (exact) mass is 210 g/mol. The molecule has 0 bridgehead atoms. The number of pyridine rings is 1. The lowest BCUT2D eigenvalue weighted by molar-refractivity contribution is -0.0225. The molecule has 2 unspecified atom stereocenters. The summed E-state index contributed by atoms with van der Waals surface area (Å²) in [6.07, 6.45) is 0.676. The number of anilines is 1. The lowest BCUT2D eigenvalue weighted by atomic mass is 10.0. The third-order valence-corrected chi connectivity index (χ3v) is 2.28. The van der Waals surface area contributed by atoms with Crippen LogP contribution >= 0.6 is 0 Å². The van der Waals surface area contributed by atoms with Crippen LogP contribution in [0.2, 0.25) is 0 Å². The number of nitrogens with zero attached hydrogens (tertiary/aromatic N) is 1. The Morgan fingerprint density at radius 1 is 1.60 bits per heavy atom. The van der Waals surface area contributed by atoms with Crippen molar-refractivity contribution in [1.29, 1.82) is 0 Å². The number of rotatable bonds is 4. The van der Waals surface area contributed by atoms with E-state index >= 15 is 0 Å². The Morgan fingerprint density at radius 3 is 2.87 bits per heavy atom. The van der Waals surface area contributed by atoms with Crippen molar-refractivity contribution in [1.82, 2.24) is 4.98 Å². The Kier molecular flexibility index (Phi) is 4.05. The number of aliphatic hydroxyl groups is 1. The maximum absolute atomic E-state index is 9.98. The first-order valence-electron chi connectivity index (χ1n) is 5.08. The van der Waals surface area contributed by atoms with Crippen LogP contribution in [0.1, 0.15) is 31.1 Å². The highest BCUT2D eigenvalue weighted by Crippen LogP contribution is 2.23. The summed E-state index contributed by atoms with van der Waals surface area (Å²) in [5.74, 6) is 0.361. The Bertz CT molecular complexity index is 328. The van der Waals surface area contributed by atoms with Gasteiger partial charge in [0.15, 0.2) is 0 Å². The molecule has 0 amide bonds. The molecule has 4 nitrogen and oxygen atoms in total. The van der Waals surface area contributed by atoms with Gasteiger partial charge in [0.2, 0.25) is 0 Å². The molecule has 0 radical (unpaired) electrons. The summed E-state index contributed by atoms with van der Waals surface area (Å²) in [7, 11) is 0. The van der Waals surface area contributed by atoms with Crippen LogP contribution in [-0.4, -0.2) is 22.8 Å². The maximum atomic E-state index is 9.98. The second-order valence-electron chi connectivity index (χ2n) is 3.59. The summed E-state index contributed by atoms with van der Waals surface area (Å²) >= 11 is 0. The molecule has 0 aromatic carbocycles. The van der Waals surface area contributed by atoms with Crippen LogP contribution in [0.4, 0.5) is 5.82 Å². The fourth-order valence-electron chi connectivity index (χ4n) is 1.45. The van der Waals surface area contributed by atoms with Crippen LogP contribution in [-0.2, 0) is 4.74 Å². The number of hydrogen-bond acceptors (Lipinski definition) is 4. The fraction of sp³-hybridized carbons (Fsp3) is 0.545. The van der Waals surface area contributed by atoms with E-state index in [4.69, 9.17) is 10.5 Å². The van der Waals surface area contributed by atoms with E-state index in [1.807, 2.05) is 26.8 Å². The molecule has 0 saturated heterocycles. The summed E-state index contributed by atoms with van der Waals surface area (Å²) in [5, 5.41) is 9.98. The van der Waals surface area contributed by atoms with Gasteiger partial charge in [-0.05, 0) is 32.4 Å². The average Bonchev–Trinajstić information content (AvgIpc) is 2.21. The van der Waals surface area contributed by atoms with Gasteiger partial charge >= 0.3 is 0 Å². The van der Waals surface area contributed by atoms with Gasteiger partial charge in [0.1, 0.15) is 11.9 Å². The molecule has 0 aliphatic rings. The third-order valence-electron chi connectivity index (χ3n) is 2.28. The predicted molar refractivity (Wildman–Crippen MR) is 59.4 cm³/mol. The Labute approximate surface area is 90.1 Å². The molecular formula is C11H18N2O2. The molecule has 0 spiro atoms. The van der Waals surface area contributed by atoms with Crippen molar-refractivity contribution in [2.24, 2.45) is 0 Å². The minimum atomic E-state index is -0.725. The number of hydrogen-bond donors (Lipinski definition) is 2. The molecule has 4 heteroatoms. The van der Waals surface area contributed by atoms with Crippen molar-refractivity contribution < 1.29 is 9.84 Å². The summed E-state index contributed by atoms with van der Waals surface area (Å²) in [5.41, 5.74) is 7.31. The van der Waals surface area contributed by atoms with Crippen molar-refractivity contribution >= 4 is 5.82 Å². The molecule has 1 aromatic rings. The van der Waals surface area contributed by atoms with Crippen LogP contribution < -0.4 is 5.73 Å². The van der Waals surface area contributed by atoms with Crippen molar-refractivity contribution in [2.45, 2.75) is 33.0 Å². The zero-order valence-corrected chi connectivity index (χ0v) is 9.40. The van der Waals surface area contributed by atoms with E-state index < -0.39 is 6.10 Å². The van der Waals surface area contributed by atoms with Crippen molar-refractivity contribution in [3.8, 4) is 0 Å². The first kappa shape index (κ1) is 11.9. The second-order valence-corrected chi connectivity index (χ2v) is 3.59. The zero-order chi connectivity index (χ0) is 11.4. The lowest BCUT2D eigenvalue weighted by Gasteiger charge is -2.20. The van der Waals surface area contributed by atoms with Gasteiger partial charge in [-0.25, -0.2) is 4.98 Å². The molecule has 0 saturated carbocycles. The molecule has 2 atom stereocenters. The van der Waals surface area contributed by atoms with E-state index in [0.717, 1.165) is 5.56 Å². The van der Waals surface area contributed by atoms with Gasteiger partial charge < -0.3 is 15.6 Å². The number of nitrogens with two attached hydrogens (primary N) is 1. The van der Waals surface area contributed by atoms with E-state index in [1.165, 1.54) is 0 Å². The number of aliphatic hydroxyl groups excluding tert-OH is 1. The number of aryl methyl sites for hydroxylation is 1. The van der Waals surface area contributed by atoms with E-state index in [9.17, 15) is 5.11 Å². The van der Waals surface area contributed by atoms with E-state index in [0.29, 0.717) is 18.0 Å². The molecular weight excluding hydrogens is 192 g/mol. The summed E-state index contributed by atoms with van der Waals surface area (Å²) in [6, 6.07) is 1.84. The Hall–Kier alpha value is -1.13. The number of aromatic nitrogens is 1. The standard InChI is InChI=1S/C11H18N2O2/c1-4-15-8(3)10(14)9-5-7(2)6-13-11(9)12/h5-6,8,10,14H,4H2,1-3H3,(H2,12,13). The average molecular weight is 210 g/mol. The van der Waals surface area contributed by atoms with Crippen molar-refractivity contribution in [3.05, 3.63) is 23.4 Å². The predicted octanol–water partition coefficient (Wildman–Crippen LogP) is 1.43. The molecule has 0 aliphatic heterocycles. The molecule has 1 aromatic heterocycles. The largest absolute Gasteiger partial charge is 0.386 e. The first-order valence-corrected chi connectivity index (χ1v) is 5.08. The normalized spacial score (nSPS) is 14.9. The SMILES string of the molecule is CCOC(C)C(O)c1cc(C)cnc1N. The fourth-order valence-corrected chi connectivity index (χ4v) is 1.45. The van der Waals surface area contributed by atoms with Crippen LogP contribution in [0.25, 0.3) is 0 Å². The smallest absolute Gasteiger partial charge is 0.129 e. The van der Waals surface area contributed by atoms with Gasteiger partial charge in [-0.15, -0.1) is 0 Å². The molecule has 0 fully saturated rings. The van der Waals surface area contributed by atoms with Gasteiger partial charge in [0.05, 0.1) is 6.10 Å². The topological polar surface area (TPSA) is 68.4 Å². The van der Waals surface area contributed by atoms with E-state index in [2.05, 4.69) is 4.98 Å². The van der Waals surface area contributed by atoms with Crippen LogP contribution in [0.5, 0.6) is 0 Å². The highest BCUT2D eigenvalue weighted by molar-refractivity contribution is 5.42. The molecule has 0 aliphatic carbocycles. The van der Waals surface area contributed by atoms with Gasteiger partial charge in [-0.3, -0.25) is 0 Å². The maximum Gasteiger partial charge on any atom is 0.129 e. The van der Waals surface area contributed by atoms with Crippen molar-refractivity contribution in [3.63, 3.8) is 0 Å².